The molecule has 1 heterocycles. The number of benzene rings is 3. The Labute approximate surface area is 197 Å². The van der Waals surface area contributed by atoms with Gasteiger partial charge in [-0.05, 0) is 48.9 Å². The van der Waals surface area contributed by atoms with E-state index in [2.05, 4.69) is 10.6 Å². The van der Waals surface area contributed by atoms with E-state index < -0.39 is 0 Å². The topological polar surface area (TPSA) is 81.6 Å². The summed E-state index contributed by atoms with van der Waals surface area (Å²) >= 11 is 0. The van der Waals surface area contributed by atoms with E-state index in [0.29, 0.717) is 34.0 Å². The second-order valence-electron chi connectivity index (χ2n) is 7.62. The molecule has 0 bridgehead atoms. The lowest BCUT2D eigenvalue weighted by Gasteiger charge is -2.17. The fourth-order valence-corrected chi connectivity index (χ4v) is 3.60. The van der Waals surface area contributed by atoms with Gasteiger partial charge in [0.05, 0.1) is 25.6 Å². The highest BCUT2D eigenvalue weighted by Crippen LogP contribution is 2.37. The number of anilines is 2. The van der Waals surface area contributed by atoms with Crippen molar-refractivity contribution in [3.63, 3.8) is 0 Å². The summed E-state index contributed by atoms with van der Waals surface area (Å²) in [5.74, 6) is 0.192. The average Bonchev–Trinajstić information content (AvgIpc) is 3.40. The predicted molar refractivity (Wildman–Crippen MR) is 132 cm³/mol. The summed E-state index contributed by atoms with van der Waals surface area (Å²) in [6.45, 7) is 1.99. The number of nitrogens with one attached hydrogen (secondary N) is 2. The Morgan fingerprint density at radius 2 is 1.26 bits per heavy atom. The maximum Gasteiger partial charge on any atom is 0.255 e. The van der Waals surface area contributed by atoms with Crippen molar-refractivity contribution in [1.82, 2.24) is 4.57 Å². The molecule has 0 spiro atoms. The van der Waals surface area contributed by atoms with Crippen molar-refractivity contribution in [2.75, 3.05) is 24.9 Å². The number of ether oxygens (including phenoxy) is 2. The largest absolute Gasteiger partial charge is 0.494 e. The van der Waals surface area contributed by atoms with Crippen LogP contribution >= 0.6 is 0 Å². The lowest BCUT2D eigenvalue weighted by molar-refractivity contribution is 0.101. The van der Waals surface area contributed by atoms with Gasteiger partial charge in [0, 0.05) is 41.3 Å². The first-order chi connectivity index (χ1) is 16.5. The van der Waals surface area contributed by atoms with Crippen LogP contribution in [-0.2, 0) is 0 Å². The molecule has 4 rings (SSSR count). The summed E-state index contributed by atoms with van der Waals surface area (Å²) < 4.78 is 12.9. The van der Waals surface area contributed by atoms with Crippen molar-refractivity contribution in [3.05, 3.63) is 102 Å². The van der Waals surface area contributed by atoms with Crippen LogP contribution in [0.2, 0.25) is 0 Å². The Hall–Kier alpha value is -4.52. The quantitative estimate of drug-likeness (QED) is 0.396. The van der Waals surface area contributed by atoms with Gasteiger partial charge in [-0.15, -0.1) is 0 Å². The molecule has 172 valence electrons. The molecule has 34 heavy (non-hydrogen) atoms. The lowest BCUT2D eigenvalue weighted by Crippen LogP contribution is -2.15. The summed E-state index contributed by atoms with van der Waals surface area (Å²) in [6.07, 6.45) is 3.86. The van der Waals surface area contributed by atoms with E-state index in [1.807, 2.05) is 54.2 Å². The van der Waals surface area contributed by atoms with E-state index in [9.17, 15) is 9.59 Å². The monoisotopic (exact) mass is 455 g/mol. The maximum absolute atomic E-state index is 13.1. The number of aryl methyl sites for hydroxylation is 1. The van der Waals surface area contributed by atoms with Crippen LogP contribution in [0.3, 0.4) is 0 Å². The minimum atomic E-state index is -0.296. The summed E-state index contributed by atoms with van der Waals surface area (Å²) in [7, 11) is 2.99. The standard InChI is InChI=1S/C27H25N3O4/c1-18-11-12-20(15-23(18)30-13-7-8-14-30)27(32)29-22-17-24(33-2)21(16-25(22)34-3)28-26(31)19-9-5-4-6-10-19/h4-17H,1-3H3,(H,28,31)(H,29,32). The van der Waals surface area contributed by atoms with Gasteiger partial charge in [0.2, 0.25) is 0 Å². The van der Waals surface area contributed by atoms with E-state index in [0.717, 1.165) is 11.3 Å². The Morgan fingerprint density at radius 1 is 0.706 bits per heavy atom. The Kier molecular flexibility index (Phi) is 6.64. The zero-order valence-corrected chi connectivity index (χ0v) is 19.2. The van der Waals surface area contributed by atoms with Crippen LogP contribution in [0.25, 0.3) is 5.69 Å². The van der Waals surface area contributed by atoms with Crippen molar-refractivity contribution < 1.29 is 19.1 Å². The molecule has 0 aliphatic heterocycles. The third kappa shape index (κ3) is 4.78. The van der Waals surface area contributed by atoms with Gasteiger partial charge in [-0.2, -0.15) is 0 Å². The van der Waals surface area contributed by atoms with E-state index in [-0.39, 0.29) is 11.8 Å². The molecule has 0 saturated carbocycles. The fourth-order valence-electron chi connectivity index (χ4n) is 3.60. The molecule has 0 radical (unpaired) electrons. The van der Waals surface area contributed by atoms with Crippen LogP contribution < -0.4 is 20.1 Å². The Morgan fingerprint density at radius 3 is 1.82 bits per heavy atom. The third-order valence-electron chi connectivity index (χ3n) is 5.41. The molecule has 0 fully saturated rings. The number of hydrogen-bond acceptors (Lipinski definition) is 4. The van der Waals surface area contributed by atoms with Gasteiger partial charge in [-0.1, -0.05) is 24.3 Å². The molecule has 0 atom stereocenters. The summed E-state index contributed by atoms with van der Waals surface area (Å²) in [5, 5.41) is 5.73. The van der Waals surface area contributed by atoms with Crippen LogP contribution in [0.15, 0.2) is 85.2 Å². The van der Waals surface area contributed by atoms with E-state index >= 15 is 0 Å². The molecule has 0 aliphatic carbocycles. The first-order valence-electron chi connectivity index (χ1n) is 10.7. The smallest absolute Gasteiger partial charge is 0.255 e. The number of hydrogen-bond donors (Lipinski definition) is 2. The highest BCUT2D eigenvalue weighted by molar-refractivity contribution is 6.07. The van der Waals surface area contributed by atoms with Gasteiger partial charge >= 0.3 is 0 Å². The zero-order valence-electron chi connectivity index (χ0n) is 19.2. The van der Waals surface area contributed by atoms with Crippen LogP contribution in [0, 0.1) is 6.92 Å². The summed E-state index contributed by atoms with van der Waals surface area (Å²) in [6, 6.07) is 21.5. The highest BCUT2D eigenvalue weighted by Gasteiger charge is 2.17. The van der Waals surface area contributed by atoms with Crippen LogP contribution in [0.5, 0.6) is 11.5 Å². The van der Waals surface area contributed by atoms with Gasteiger partial charge in [-0.3, -0.25) is 9.59 Å². The fraction of sp³-hybridized carbons (Fsp3) is 0.111. The number of nitrogens with zero attached hydrogens (tertiary/aromatic N) is 1. The molecule has 2 N–H and O–H groups in total. The van der Waals surface area contributed by atoms with E-state index in [1.165, 1.54) is 14.2 Å². The summed E-state index contributed by atoms with van der Waals surface area (Å²) in [5.41, 5.74) is 3.82. The molecular weight excluding hydrogens is 430 g/mol. The van der Waals surface area contributed by atoms with Crippen molar-refractivity contribution in [3.8, 4) is 17.2 Å². The van der Waals surface area contributed by atoms with Gasteiger partial charge in [0.15, 0.2) is 0 Å². The summed E-state index contributed by atoms with van der Waals surface area (Å²) in [4.78, 5) is 25.7. The normalized spacial score (nSPS) is 10.4. The Balaban J connectivity index is 1.60. The van der Waals surface area contributed by atoms with Crippen LogP contribution in [-0.4, -0.2) is 30.6 Å². The van der Waals surface area contributed by atoms with Crippen LogP contribution in [0.1, 0.15) is 26.3 Å². The lowest BCUT2D eigenvalue weighted by atomic mass is 10.1. The molecule has 4 aromatic rings. The van der Waals surface area contributed by atoms with Gasteiger partial charge < -0.3 is 24.7 Å². The highest BCUT2D eigenvalue weighted by atomic mass is 16.5. The first kappa shape index (κ1) is 22.7. The number of methoxy groups -OCH3 is 2. The van der Waals surface area contributed by atoms with Gasteiger partial charge in [0.25, 0.3) is 11.8 Å². The van der Waals surface area contributed by atoms with Gasteiger partial charge in [-0.25, -0.2) is 0 Å². The third-order valence-corrected chi connectivity index (χ3v) is 5.41. The number of amides is 2. The maximum atomic E-state index is 13.1. The average molecular weight is 456 g/mol. The molecule has 2 amide bonds. The minimum absolute atomic E-state index is 0.282. The number of rotatable bonds is 7. The first-order valence-corrected chi connectivity index (χ1v) is 10.7. The van der Waals surface area contributed by atoms with Gasteiger partial charge in [0.1, 0.15) is 11.5 Å². The number of carbonyl (C=O) groups is 2. The molecule has 0 aliphatic rings. The van der Waals surface area contributed by atoms with Crippen molar-refractivity contribution in [2.45, 2.75) is 6.92 Å². The van der Waals surface area contributed by atoms with E-state index in [1.54, 1.807) is 42.5 Å². The van der Waals surface area contributed by atoms with Crippen molar-refractivity contribution >= 4 is 23.2 Å². The number of aromatic nitrogens is 1. The van der Waals surface area contributed by atoms with Crippen molar-refractivity contribution in [1.29, 1.82) is 0 Å². The molecule has 7 heteroatoms. The van der Waals surface area contributed by atoms with Crippen molar-refractivity contribution in [2.24, 2.45) is 0 Å². The minimum Gasteiger partial charge on any atom is -0.494 e. The second-order valence-corrected chi connectivity index (χ2v) is 7.62. The molecule has 3 aromatic carbocycles. The molecule has 0 unspecified atom stereocenters. The second kappa shape index (κ2) is 9.95. The zero-order chi connectivity index (χ0) is 24.1. The SMILES string of the molecule is COc1cc(NC(=O)c2ccc(C)c(-n3cccc3)c2)c(OC)cc1NC(=O)c1ccccc1. The number of carbonyl (C=O) groups excluding carboxylic acids is 2. The Bertz CT molecular complexity index is 1320. The predicted octanol–water partition coefficient (Wildman–Crippen LogP) is 5.31. The van der Waals surface area contributed by atoms with E-state index in [4.69, 9.17) is 9.47 Å². The van der Waals surface area contributed by atoms with Crippen LogP contribution in [0.4, 0.5) is 11.4 Å². The molecular formula is C27H25N3O4. The molecule has 0 saturated heterocycles. The molecule has 1 aromatic heterocycles. The molecule has 7 nitrogen and oxygen atoms in total.